The molecule has 4 aliphatic rings. The zero-order valence-corrected chi connectivity index (χ0v) is 16.1. The van der Waals surface area contributed by atoms with E-state index < -0.39 is 0 Å². The summed E-state index contributed by atoms with van der Waals surface area (Å²) in [5.41, 5.74) is 0.906. The van der Waals surface area contributed by atoms with Crippen LogP contribution in [0.5, 0.6) is 11.5 Å². The van der Waals surface area contributed by atoms with Crippen LogP contribution in [0, 0.1) is 5.92 Å². The Hall–Kier alpha value is -1.99. The Kier molecular flexibility index (Phi) is 5.41. The molecular weight excluding hydrogens is 344 g/mol. The van der Waals surface area contributed by atoms with E-state index in [-0.39, 0.29) is 11.8 Å². The highest BCUT2D eigenvalue weighted by atomic mass is 16.5. The van der Waals surface area contributed by atoms with E-state index in [0.717, 1.165) is 37.7 Å². The van der Waals surface area contributed by atoms with Gasteiger partial charge in [-0.1, -0.05) is 6.07 Å². The zero-order chi connectivity index (χ0) is 18.8. The maximum absolute atomic E-state index is 12.5. The van der Waals surface area contributed by atoms with Crippen molar-refractivity contribution in [3.63, 3.8) is 0 Å². The van der Waals surface area contributed by atoms with E-state index in [1.807, 2.05) is 4.90 Å². The number of aromatic hydroxyl groups is 1. The number of ether oxygens (including phenoxy) is 1. The first kappa shape index (κ1) is 18.4. The zero-order valence-electron chi connectivity index (χ0n) is 16.1. The van der Waals surface area contributed by atoms with Gasteiger partial charge < -0.3 is 25.0 Å². The number of piperidine rings is 3. The largest absolute Gasteiger partial charge is 0.504 e. The second kappa shape index (κ2) is 7.94. The van der Waals surface area contributed by atoms with Crippen LogP contribution in [-0.2, 0) is 6.54 Å². The first-order valence-electron chi connectivity index (χ1n) is 9.99. The van der Waals surface area contributed by atoms with Gasteiger partial charge in [0.2, 0.25) is 0 Å². The van der Waals surface area contributed by atoms with Gasteiger partial charge in [-0.2, -0.15) is 0 Å². The summed E-state index contributed by atoms with van der Waals surface area (Å²) in [5.74, 6) is 1.38. The topological polar surface area (TPSA) is 68.3 Å². The lowest BCUT2D eigenvalue weighted by atomic mass is 9.83. The smallest absolute Gasteiger partial charge is 0.317 e. The lowest BCUT2D eigenvalue weighted by molar-refractivity contribution is -0.0103. The van der Waals surface area contributed by atoms with Gasteiger partial charge in [0.25, 0.3) is 0 Å². The van der Waals surface area contributed by atoms with Crippen molar-refractivity contribution in [1.29, 1.82) is 0 Å². The third-order valence-corrected chi connectivity index (χ3v) is 6.38. The Morgan fingerprint density at radius 3 is 2.56 bits per heavy atom. The van der Waals surface area contributed by atoms with E-state index in [4.69, 9.17) is 4.74 Å². The van der Waals surface area contributed by atoms with Gasteiger partial charge in [-0.3, -0.25) is 4.90 Å². The number of benzene rings is 1. The molecule has 4 heterocycles. The molecular formula is C20H30N4O3. The van der Waals surface area contributed by atoms with Crippen molar-refractivity contribution in [2.75, 3.05) is 52.9 Å². The molecule has 0 saturated carbocycles. The summed E-state index contributed by atoms with van der Waals surface area (Å²) in [7, 11) is 1.52. The molecule has 4 aliphatic heterocycles. The van der Waals surface area contributed by atoms with Gasteiger partial charge in [0.05, 0.1) is 7.11 Å². The number of urea groups is 1. The van der Waals surface area contributed by atoms with Crippen LogP contribution >= 0.6 is 0 Å². The summed E-state index contributed by atoms with van der Waals surface area (Å²) in [6, 6.07) is 5.80. The van der Waals surface area contributed by atoms with Crippen LogP contribution in [-0.4, -0.2) is 84.8 Å². The maximum atomic E-state index is 12.5. The number of methoxy groups -OCH3 is 1. The fraction of sp³-hybridized carbons (Fsp3) is 0.650. The molecule has 2 N–H and O–H groups in total. The summed E-state index contributed by atoms with van der Waals surface area (Å²) in [4.78, 5) is 19.6. The lowest BCUT2D eigenvalue weighted by Gasteiger charge is -2.50. The average Bonchev–Trinajstić information content (AvgIpc) is 2.74. The lowest BCUT2D eigenvalue weighted by Crippen LogP contribution is -2.62. The molecule has 2 amide bonds. The minimum atomic E-state index is -0.0180. The molecule has 7 nitrogen and oxygen atoms in total. The van der Waals surface area contributed by atoms with Gasteiger partial charge in [-0.25, -0.2) is 4.79 Å². The molecule has 4 fully saturated rings. The van der Waals surface area contributed by atoms with E-state index in [9.17, 15) is 9.90 Å². The fourth-order valence-electron chi connectivity index (χ4n) is 4.73. The molecule has 0 unspecified atom stereocenters. The molecule has 27 heavy (non-hydrogen) atoms. The number of hydrogen-bond acceptors (Lipinski definition) is 5. The molecule has 0 spiro atoms. The number of piperazine rings is 1. The van der Waals surface area contributed by atoms with Crippen LogP contribution in [0.2, 0.25) is 0 Å². The Morgan fingerprint density at radius 2 is 1.93 bits per heavy atom. The number of phenols is 1. The Morgan fingerprint density at radius 1 is 1.19 bits per heavy atom. The maximum Gasteiger partial charge on any atom is 0.317 e. The van der Waals surface area contributed by atoms with Crippen molar-refractivity contribution < 1.29 is 14.6 Å². The summed E-state index contributed by atoms with van der Waals surface area (Å²) >= 11 is 0. The molecule has 1 aromatic rings. The Bertz CT molecular complexity index is 667. The van der Waals surface area contributed by atoms with Gasteiger partial charge >= 0.3 is 6.03 Å². The number of carbonyl (C=O) groups is 1. The molecule has 5 rings (SSSR count). The number of nitrogens with zero attached hydrogens (tertiary/aromatic N) is 3. The fourth-order valence-corrected chi connectivity index (χ4v) is 4.73. The molecule has 2 bridgehead atoms. The van der Waals surface area contributed by atoms with Gasteiger partial charge in [0.15, 0.2) is 11.5 Å². The minimum Gasteiger partial charge on any atom is -0.504 e. The van der Waals surface area contributed by atoms with Crippen molar-refractivity contribution in [2.45, 2.75) is 25.4 Å². The molecule has 0 radical (unpaired) electrons. The summed E-state index contributed by atoms with van der Waals surface area (Å²) in [5, 5.41) is 12.6. The molecule has 1 aromatic carbocycles. The predicted molar refractivity (Wildman–Crippen MR) is 103 cm³/mol. The van der Waals surface area contributed by atoms with Crippen molar-refractivity contribution in [2.24, 2.45) is 5.92 Å². The van der Waals surface area contributed by atoms with Crippen molar-refractivity contribution in [3.05, 3.63) is 23.8 Å². The standard InChI is InChI=1S/C20H30N4O3/c1-27-19-12-15(2-3-18(19)25)13-21-20(26)24-10-8-23(9-11-24)17-14-22-6-4-16(17)5-7-22/h2-3,12,16-17,25H,4-11,13-14H2,1H3,(H,21,26)/t17-/m1/s1. The van der Waals surface area contributed by atoms with Crippen LogP contribution in [0.3, 0.4) is 0 Å². The number of phenolic OH excluding ortho intramolecular Hbond substituents is 1. The van der Waals surface area contributed by atoms with Crippen LogP contribution in [0.25, 0.3) is 0 Å². The van der Waals surface area contributed by atoms with Crippen LogP contribution in [0.4, 0.5) is 4.79 Å². The number of fused-ring (bicyclic) bond motifs is 3. The molecule has 148 valence electrons. The van der Waals surface area contributed by atoms with Gasteiger partial charge in [-0.05, 0) is 49.5 Å². The predicted octanol–water partition coefficient (Wildman–Crippen LogP) is 1.32. The Balaban J connectivity index is 1.25. The number of rotatable bonds is 4. The third kappa shape index (κ3) is 3.99. The van der Waals surface area contributed by atoms with Crippen molar-refractivity contribution >= 4 is 6.03 Å². The van der Waals surface area contributed by atoms with E-state index >= 15 is 0 Å². The normalized spacial score (nSPS) is 28.2. The third-order valence-electron chi connectivity index (χ3n) is 6.38. The summed E-state index contributed by atoms with van der Waals surface area (Å²) in [6.45, 7) is 7.68. The molecule has 4 saturated heterocycles. The van der Waals surface area contributed by atoms with E-state index in [1.165, 1.54) is 39.6 Å². The second-order valence-electron chi connectivity index (χ2n) is 7.89. The highest BCUT2D eigenvalue weighted by Gasteiger charge is 2.38. The number of carbonyl (C=O) groups excluding carboxylic acids is 1. The second-order valence-corrected chi connectivity index (χ2v) is 7.89. The Labute approximate surface area is 160 Å². The molecule has 0 aliphatic carbocycles. The monoisotopic (exact) mass is 374 g/mol. The van der Waals surface area contributed by atoms with E-state index in [1.54, 1.807) is 18.2 Å². The number of hydrogen-bond donors (Lipinski definition) is 2. The minimum absolute atomic E-state index is 0.0180. The quantitative estimate of drug-likeness (QED) is 0.832. The van der Waals surface area contributed by atoms with Gasteiger partial charge in [0.1, 0.15) is 0 Å². The van der Waals surface area contributed by atoms with Crippen LogP contribution in [0.15, 0.2) is 18.2 Å². The number of amides is 2. The number of nitrogens with one attached hydrogen (secondary N) is 1. The summed E-state index contributed by atoms with van der Waals surface area (Å²) in [6.07, 6.45) is 2.67. The van der Waals surface area contributed by atoms with Crippen molar-refractivity contribution in [1.82, 2.24) is 20.0 Å². The van der Waals surface area contributed by atoms with E-state index in [0.29, 0.717) is 18.3 Å². The van der Waals surface area contributed by atoms with Gasteiger partial charge in [0, 0.05) is 45.3 Å². The average molecular weight is 374 g/mol. The van der Waals surface area contributed by atoms with Gasteiger partial charge in [-0.15, -0.1) is 0 Å². The van der Waals surface area contributed by atoms with Crippen molar-refractivity contribution in [3.8, 4) is 11.5 Å². The first-order chi connectivity index (χ1) is 13.1. The first-order valence-corrected chi connectivity index (χ1v) is 9.99. The van der Waals surface area contributed by atoms with E-state index in [2.05, 4.69) is 15.1 Å². The molecule has 1 atom stereocenters. The summed E-state index contributed by atoms with van der Waals surface area (Å²) < 4.78 is 5.12. The molecule has 7 heteroatoms. The molecule has 0 aromatic heterocycles. The highest BCUT2D eigenvalue weighted by molar-refractivity contribution is 5.74. The van der Waals surface area contributed by atoms with Crippen LogP contribution < -0.4 is 10.1 Å². The highest BCUT2D eigenvalue weighted by Crippen LogP contribution is 2.31. The SMILES string of the molecule is COc1cc(CNC(=O)N2CCN([C@@H]3CN4CCC3CC4)CC2)ccc1O. The van der Waals surface area contributed by atoms with Crippen LogP contribution in [0.1, 0.15) is 18.4 Å².